The largest absolute Gasteiger partial charge is 0.494 e. The number of pyridine rings is 1. The van der Waals surface area contributed by atoms with E-state index in [0.29, 0.717) is 50.5 Å². The smallest absolute Gasteiger partial charge is 0.337 e. The van der Waals surface area contributed by atoms with Crippen LogP contribution in [-0.4, -0.2) is 138 Å². The SMILES string of the molecule is CC1OCC2(CCN(c3cnc(Sc4ccnc(N)c4Cl)c(N)n3)CC2)C1N.COC(=O)c1ccc2c(C(=Nc3ccc(N(C)C(=O)CN4CCN(C)CC4)cc3)c3ccccc3)c(O)[nH]c2c1. The summed E-state index contributed by atoms with van der Waals surface area (Å²) in [4.78, 5) is 54.9. The summed E-state index contributed by atoms with van der Waals surface area (Å²) in [5.74, 6) is 0.953. The van der Waals surface area contributed by atoms with Crippen LogP contribution in [0.4, 0.5) is 28.8 Å². The number of amides is 1. The number of nitrogen functional groups attached to an aromatic ring is 2. The number of aliphatic imine (C=N–C) groups is 1. The lowest BCUT2D eigenvalue weighted by atomic mass is 9.73. The molecule has 0 aliphatic carbocycles. The average molecular weight is 962 g/mol. The molecule has 356 valence electrons. The molecule has 0 radical (unpaired) electrons. The molecule has 0 bridgehead atoms. The number of benzene rings is 3. The number of rotatable bonds is 10. The Balaban J connectivity index is 0.000000196. The highest BCUT2D eigenvalue weighted by molar-refractivity contribution is 7.99. The number of ether oxygens (including phenoxy) is 2. The molecule has 3 aromatic carbocycles. The number of piperidine rings is 1. The monoisotopic (exact) mass is 960 g/mol. The maximum absolute atomic E-state index is 12.9. The number of aromatic amines is 1. The van der Waals surface area contributed by atoms with Gasteiger partial charge in [0, 0.05) is 91.0 Å². The number of piperazine rings is 1. The van der Waals surface area contributed by atoms with Gasteiger partial charge in [-0.3, -0.25) is 9.69 Å². The van der Waals surface area contributed by atoms with Crippen molar-refractivity contribution in [2.45, 2.75) is 41.8 Å². The molecule has 8 N–H and O–H groups in total. The molecule has 3 fully saturated rings. The summed E-state index contributed by atoms with van der Waals surface area (Å²) in [6, 6.07) is 24.0. The summed E-state index contributed by atoms with van der Waals surface area (Å²) in [6.45, 7) is 8.60. The molecule has 19 heteroatoms. The summed E-state index contributed by atoms with van der Waals surface area (Å²) in [7, 11) is 5.22. The maximum Gasteiger partial charge on any atom is 0.337 e. The van der Waals surface area contributed by atoms with Crippen LogP contribution in [0.5, 0.6) is 5.88 Å². The predicted octanol–water partition coefficient (Wildman–Crippen LogP) is 6.21. The van der Waals surface area contributed by atoms with E-state index in [1.807, 2.05) is 54.6 Å². The second kappa shape index (κ2) is 20.9. The van der Waals surface area contributed by atoms with Crippen LogP contribution in [0, 0.1) is 5.41 Å². The molecule has 6 aromatic rings. The number of hydrogen-bond donors (Lipinski definition) is 5. The summed E-state index contributed by atoms with van der Waals surface area (Å²) in [5.41, 5.74) is 22.7. The van der Waals surface area contributed by atoms with Crippen LogP contribution in [0.25, 0.3) is 10.9 Å². The highest BCUT2D eigenvalue weighted by atomic mass is 35.5. The number of esters is 1. The normalized spacial score (nSPS) is 18.6. The van der Waals surface area contributed by atoms with Crippen LogP contribution in [0.2, 0.25) is 5.02 Å². The van der Waals surface area contributed by atoms with E-state index in [4.69, 9.17) is 43.3 Å². The quantitative estimate of drug-likeness (QED) is 0.0759. The molecule has 2 atom stereocenters. The topological polar surface area (TPSA) is 231 Å². The van der Waals surface area contributed by atoms with Crippen molar-refractivity contribution in [1.29, 1.82) is 0 Å². The third-order valence-corrected chi connectivity index (χ3v) is 14.6. The number of carbonyl (C=O) groups excluding carboxylic acids is 2. The second-order valence-corrected chi connectivity index (χ2v) is 18.8. The van der Waals surface area contributed by atoms with Crippen molar-refractivity contribution in [3.05, 3.63) is 113 Å². The Kier molecular flexibility index (Phi) is 14.8. The van der Waals surface area contributed by atoms with Crippen molar-refractivity contribution in [3.8, 4) is 5.88 Å². The van der Waals surface area contributed by atoms with Crippen LogP contribution < -0.4 is 27.0 Å². The van der Waals surface area contributed by atoms with E-state index < -0.39 is 5.97 Å². The molecule has 3 aliphatic rings. The van der Waals surface area contributed by atoms with Crippen LogP contribution in [0.15, 0.2) is 106 Å². The molecule has 6 heterocycles. The predicted molar refractivity (Wildman–Crippen MR) is 268 cm³/mol. The minimum absolute atomic E-state index is 0.0424. The minimum atomic E-state index is -0.457. The van der Waals surface area contributed by atoms with Crippen molar-refractivity contribution in [2.75, 3.05) is 94.9 Å². The average Bonchev–Trinajstić information content (AvgIpc) is 3.83. The molecule has 3 saturated heterocycles. The van der Waals surface area contributed by atoms with Crippen LogP contribution in [0.1, 0.15) is 41.3 Å². The van der Waals surface area contributed by atoms with Gasteiger partial charge < -0.3 is 51.5 Å². The first-order valence-electron chi connectivity index (χ1n) is 22.4. The van der Waals surface area contributed by atoms with E-state index in [1.165, 1.54) is 18.9 Å². The zero-order valence-corrected chi connectivity index (χ0v) is 40.1. The Labute approximate surface area is 404 Å². The highest BCUT2D eigenvalue weighted by Crippen LogP contribution is 2.42. The number of likely N-dealkylation sites (N-methyl/N-ethyl adjacent to an activating group) is 2. The number of nitrogens with two attached hydrogens (primary N) is 3. The van der Waals surface area contributed by atoms with Gasteiger partial charge in [-0.2, -0.15) is 0 Å². The molecule has 3 aromatic heterocycles. The molecule has 3 aliphatic heterocycles. The zero-order valence-electron chi connectivity index (χ0n) is 38.6. The Hall–Kier alpha value is -6.28. The number of methoxy groups -OCH3 is 1. The standard InChI is InChI=1S/C31H33N5O4.C18H24ClN7OS/c1-34-15-17-36(18-16-34)20-27(37)35(2)24-12-10-23(11-13-24)32-29(21-7-5-4-6-8-21)28-25-14-9-22(31(39)40-3)19-26(25)33-30(28)38;1-10-14(20)18(9-27-10)3-6-26(7-4-18)12-8-24-17(16(22)25-12)28-11-2-5-23-15(21)13(11)19/h4-14,19,33,38H,15-18,20H2,1-3H3;2,5,8,10,14H,3-4,6-7,9,20H2,1H3,(H2,21,23)(H2,22,25). The van der Waals surface area contributed by atoms with Crippen LogP contribution in [0.3, 0.4) is 0 Å². The number of halogens is 1. The summed E-state index contributed by atoms with van der Waals surface area (Å²) >= 11 is 7.53. The van der Waals surface area contributed by atoms with E-state index in [1.54, 1.807) is 48.6 Å². The van der Waals surface area contributed by atoms with E-state index in [0.717, 1.165) is 86.1 Å². The number of aromatic nitrogens is 4. The molecule has 0 saturated carbocycles. The van der Waals surface area contributed by atoms with Crippen LogP contribution >= 0.6 is 23.4 Å². The molecule has 2 unspecified atom stereocenters. The van der Waals surface area contributed by atoms with Gasteiger partial charge in [-0.05, 0) is 69.3 Å². The molecular formula is C49H57ClN12O5S. The fraction of sp³-hybridized carbons (Fsp3) is 0.347. The van der Waals surface area contributed by atoms with Crippen molar-refractivity contribution < 1.29 is 24.2 Å². The Morgan fingerprint density at radius 3 is 2.37 bits per heavy atom. The summed E-state index contributed by atoms with van der Waals surface area (Å²) < 4.78 is 10.6. The number of carbonyl (C=O) groups is 2. The van der Waals surface area contributed by atoms with E-state index in [9.17, 15) is 14.7 Å². The molecule has 1 spiro atoms. The van der Waals surface area contributed by atoms with Gasteiger partial charge in [0.15, 0.2) is 11.7 Å². The lowest BCUT2D eigenvalue weighted by molar-refractivity contribution is -0.119. The molecular weight excluding hydrogens is 904 g/mol. The number of hydrogen-bond acceptors (Lipinski definition) is 16. The first-order chi connectivity index (χ1) is 32.7. The highest BCUT2D eigenvalue weighted by Gasteiger charge is 2.47. The fourth-order valence-corrected chi connectivity index (χ4v) is 9.76. The maximum atomic E-state index is 12.9. The number of nitrogens with zero attached hydrogens (tertiary/aromatic N) is 8. The van der Waals surface area contributed by atoms with Gasteiger partial charge >= 0.3 is 5.97 Å². The number of fused-ring (bicyclic) bond motifs is 1. The van der Waals surface area contributed by atoms with Gasteiger partial charge in [-0.1, -0.05) is 59.8 Å². The zero-order chi connectivity index (χ0) is 48.1. The van der Waals surface area contributed by atoms with Gasteiger partial charge in [0.1, 0.15) is 16.7 Å². The first-order valence-corrected chi connectivity index (χ1v) is 23.6. The second-order valence-electron chi connectivity index (χ2n) is 17.4. The molecule has 1 amide bonds. The third-order valence-electron chi connectivity index (χ3n) is 13.1. The Morgan fingerprint density at radius 1 is 0.985 bits per heavy atom. The summed E-state index contributed by atoms with van der Waals surface area (Å²) in [5, 5.41) is 12.7. The van der Waals surface area contributed by atoms with Gasteiger partial charge in [-0.25, -0.2) is 24.7 Å². The minimum Gasteiger partial charge on any atom is -0.494 e. The van der Waals surface area contributed by atoms with E-state index in [-0.39, 0.29) is 35.2 Å². The molecule has 17 nitrogen and oxygen atoms in total. The van der Waals surface area contributed by atoms with Gasteiger partial charge in [-0.15, -0.1) is 0 Å². The Bertz CT molecular complexity index is 2780. The summed E-state index contributed by atoms with van der Waals surface area (Å²) in [6.07, 6.45) is 5.42. The van der Waals surface area contributed by atoms with Crippen molar-refractivity contribution >= 4 is 80.7 Å². The third kappa shape index (κ3) is 10.5. The van der Waals surface area contributed by atoms with Crippen LogP contribution in [-0.2, 0) is 14.3 Å². The van der Waals surface area contributed by atoms with Gasteiger partial charge in [0.25, 0.3) is 0 Å². The lowest BCUT2D eigenvalue weighted by Gasteiger charge is -2.41. The van der Waals surface area contributed by atoms with E-state index >= 15 is 0 Å². The van der Waals surface area contributed by atoms with Crippen molar-refractivity contribution in [2.24, 2.45) is 16.1 Å². The van der Waals surface area contributed by atoms with Crippen molar-refractivity contribution in [1.82, 2.24) is 29.7 Å². The van der Waals surface area contributed by atoms with Gasteiger partial charge in [0.05, 0.1) is 60.1 Å². The molecule has 9 rings (SSSR count). The molecule has 68 heavy (non-hydrogen) atoms. The Morgan fingerprint density at radius 2 is 1.71 bits per heavy atom. The van der Waals surface area contributed by atoms with E-state index in [2.05, 4.69) is 48.6 Å². The lowest BCUT2D eigenvalue weighted by Crippen LogP contribution is -2.50. The first kappa shape index (κ1) is 48.2. The number of H-pyrrole nitrogens is 1. The van der Waals surface area contributed by atoms with Crippen molar-refractivity contribution in [3.63, 3.8) is 0 Å². The number of aromatic hydroxyl groups is 1. The number of anilines is 4. The fourth-order valence-electron chi connectivity index (χ4n) is 8.75. The van der Waals surface area contributed by atoms with Gasteiger partial charge in [0.2, 0.25) is 5.91 Å². The number of nitrogens with one attached hydrogen (secondary N) is 1.